The van der Waals surface area contributed by atoms with Crippen LogP contribution in [0.25, 0.3) is 0 Å². The van der Waals surface area contributed by atoms with E-state index in [1.165, 1.54) is 24.4 Å². The Hall–Kier alpha value is -4.33. The van der Waals surface area contributed by atoms with Gasteiger partial charge in [-0.2, -0.15) is 5.10 Å². The van der Waals surface area contributed by atoms with Crippen LogP contribution in [0.2, 0.25) is 0 Å². The second-order valence-electron chi connectivity index (χ2n) is 6.81. The van der Waals surface area contributed by atoms with Crippen molar-refractivity contribution in [2.24, 2.45) is 5.10 Å². The van der Waals surface area contributed by atoms with Crippen molar-refractivity contribution in [2.75, 3.05) is 0 Å². The Morgan fingerprint density at radius 3 is 2.39 bits per heavy atom. The minimum absolute atomic E-state index is 0.183. The number of rotatable bonds is 6. The molecular weight excluding hydrogens is 398 g/mol. The third-order valence-corrected chi connectivity index (χ3v) is 4.33. The molecule has 0 unspecified atom stereocenters. The van der Waals surface area contributed by atoms with Crippen LogP contribution in [-0.2, 0) is 0 Å². The van der Waals surface area contributed by atoms with Crippen molar-refractivity contribution < 1.29 is 19.2 Å². The molecule has 8 nitrogen and oxygen atoms in total. The van der Waals surface area contributed by atoms with Gasteiger partial charge in [0.2, 0.25) is 5.75 Å². The van der Waals surface area contributed by atoms with Crippen molar-refractivity contribution in [3.8, 4) is 5.75 Å². The molecule has 0 spiro atoms. The molecule has 0 bridgehead atoms. The summed E-state index contributed by atoms with van der Waals surface area (Å²) in [6.45, 7) is 3.74. The highest BCUT2D eigenvalue weighted by molar-refractivity contribution is 5.95. The Morgan fingerprint density at radius 1 is 0.968 bits per heavy atom. The molecule has 0 aliphatic heterocycles. The number of benzene rings is 3. The Balaban J connectivity index is 1.73. The zero-order chi connectivity index (χ0) is 22.4. The molecule has 0 radical (unpaired) electrons. The molecule has 156 valence electrons. The average Bonchev–Trinajstić information content (AvgIpc) is 2.75. The van der Waals surface area contributed by atoms with E-state index in [0.29, 0.717) is 16.7 Å². The van der Waals surface area contributed by atoms with E-state index in [2.05, 4.69) is 10.5 Å². The monoisotopic (exact) mass is 417 g/mol. The predicted molar refractivity (Wildman–Crippen MR) is 115 cm³/mol. The van der Waals surface area contributed by atoms with Gasteiger partial charge in [0.1, 0.15) is 0 Å². The first kappa shape index (κ1) is 21.4. The number of carbonyl (C=O) groups excluding carboxylic acids is 2. The third-order valence-electron chi connectivity index (χ3n) is 4.33. The van der Waals surface area contributed by atoms with Crippen molar-refractivity contribution >= 4 is 23.8 Å². The van der Waals surface area contributed by atoms with Gasteiger partial charge in [0, 0.05) is 17.2 Å². The summed E-state index contributed by atoms with van der Waals surface area (Å²) in [5, 5.41) is 15.3. The molecule has 3 aromatic carbocycles. The van der Waals surface area contributed by atoms with Crippen LogP contribution in [0.1, 0.15) is 37.4 Å². The summed E-state index contributed by atoms with van der Waals surface area (Å²) < 4.78 is 5.22. The number of nitro groups is 1. The number of hydrogen-bond acceptors (Lipinski definition) is 6. The summed E-state index contributed by atoms with van der Waals surface area (Å²) in [5.74, 6) is -1.29. The van der Waals surface area contributed by atoms with Crippen LogP contribution in [-0.4, -0.2) is 23.0 Å². The minimum Gasteiger partial charge on any atom is -0.416 e. The van der Waals surface area contributed by atoms with Gasteiger partial charge in [-0.05, 0) is 50.2 Å². The summed E-state index contributed by atoms with van der Waals surface area (Å²) in [4.78, 5) is 35.2. The van der Waals surface area contributed by atoms with Crippen LogP contribution >= 0.6 is 0 Å². The van der Waals surface area contributed by atoms with Gasteiger partial charge < -0.3 is 4.74 Å². The third kappa shape index (κ3) is 5.60. The molecule has 3 rings (SSSR count). The summed E-state index contributed by atoms with van der Waals surface area (Å²) >= 11 is 0. The molecule has 0 aromatic heterocycles. The molecule has 1 amide bonds. The quantitative estimate of drug-likeness (QED) is 0.212. The first-order valence-electron chi connectivity index (χ1n) is 9.31. The number of amides is 1. The van der Waals surface area contributed by atoms with E-state index < -0.39 is 22.5 Å². The summed E-state index contributed by atoms with van der Waals surface area (Å²) in [6.07, 6.45) is 1.27. The predicted octanol–water partition coefficient (Wildman–Crippen LogP) is 4.19. The number of nitro benzene ring substituents is 1. The molecule has 3 aromatic rings. The van der Waals surface area contributed by atoms with Crippen LogP contribution in [0.3, 0.4) is 0 Å². The number of hydrazone groups is 1. The van der Waals surface area contributed by atoms with Crippen LogP contribution in [0.5, 0.6) is 5.75 Å². The molecule has 31 heavy (non-hydrogen) atoms. The van der Waals surface area contributed by atoms with Gasteiger partial charge in [-0.25, -0.2) is 10.2 Å². The normalized spacial score (nSPS) is 10.6. The van der Waals surface area contributed by atoms with E-state index in [1.54, 1.807) is 42.5 Å². The smallest absolute Gasteiger partial charge is 0.343 e. The summed E-state index contributed by atoms with van der Waals surface area (Å²) in [5.41, 5.74) is 4.94. The van der Waals surface area contributed by atoms with E-state index in [1.807, 2.05) is 19.9 Å². The van der Waals surface area contributed by atoms with Gasteiger partial charge >= 0.3 is 11.7 Å². The van der Waals surface area contributed by atoms with Crippen molar-refractivity contribution in [1.82, 2.24) is 5.43 Å². The largest absolute Gasteiger partial charge is 0.416 e. The number of nitrogens with one attached hydrogen (secondary N) is 1. The second kappa shape index (κ2) is 9.45. The second-order valence-corrected chi connectivity index (χ2v) is 6.81. The Morgan fingerprint density at radius 2 is 1.71 bits per heavy atom. The van der Waals surface area contributed by atoms with Crippen molar-refractivity contribution in [1.29, 1.82) is 0 Å². The highest BCUT2D eigenvalue weighted by Crippen LogP contribution is 2.28. The SMILES string of the molecule is Cc1ccc(C(=O)NN=Cc2ccc(OC(=O)c3cccc(C)c3)c([N+](=O)[O-])c2)cc1. The lowest BCUT2D eigenvalue weighted by molar-refractivity contribution is -0.385. The number of hydrogen-bond donors (Lipinski definition) is 1. The number of aryl methyl sites for hydroxylation is 2. The zero-order valence-corrected chi connectivity index (χ0v) is 16.9. The Labute approximate surface area is 178 Å². The Bertz CT molecular complexity index is 1170. The minimum atomic E-state index is -0.696. The standard InChI is InChI=1S/C23H19N3O5/c1-15-6-9-18(10-7-15)22(27)25-24-14-17-8-11-21(20(13-17)26(29)30)31-23(28)19-5-3-4-16(2)12-19/h3-14H,1-2H3,(H,25,27). The van der Waals surface area contributed by atoms with E-state index in [-0.39, 0.29) is 5.75 Å². The molecule has 8 heteroatoms. The molecular formula is C23H19N3O5. The van der Waals surface area contributed by atoms with Crippen molar-refractivity contribution in [2.45, 2.75) is 13.8 Å². The van der Waals surface area contributed by atoms with Gasteiger partial charge in [-0.1, -0.05) is 35.4 Å². The van der Waals surface area contributed by atoms with Crippen LogP contribution in [0, 0.1) is 24.0 Å². The maximum absolute atomic E-state index is 12.3. The number of esters is 1. The lowest BCUT2D eigenvalue weighted by Gasteiger charge is -2.06. The number of nitrogens with zero attached hydrogens (tertiary/aromatic N) is 2. The number of ether oxygens (including phenoxy) is 1. The summed E-state index contributed by atoms with van der Waals surface area (Å²) in [7, 11) is 0. The fraction of sp³-hybridized carbons (Fsp3) is 0.0870. The van der Waals surface area contributed by atoms with Crippen molar-refractivity contribution in [3.05, 3.63) is 105 Å². The summed E-state index contributed by atoms with van der Waals surface area (Å²) in [6, 6.07) is 17.7. The van der Waals surface area contributed by atoms with Gasteiger partial charge in [0.25, 0.3) is 5.91 Å². The Kier molecular flexibility index (Phi) is 6.51. The molecule has 0 heterocycles. The van der Waals surface area contributed by atoms with Gasteiger partial charge in [-0.15, -0.1) is 0 Å². The van der Waals surface area contributed by atoms with Crippen molar-refractivity contribution in [3.63, 3.8) is 0 Å². The van der Waals surface area contributed by atoms with E-state index in [0.717, 1.165) is 11.1 Å². The fourth-order valence-corrected chi connectivity index (χ4v) is 2.71. The first-order valence-corrected chi connectivity index (χ1v) is 9.31. The topological polar surface area (TPSA) is 111 Å². The molecule has 0 fully saturated rings. The van der Waals surface area contributed by atoms with Gasteiger partial charge in [0.05, 0.1) is 16.7 Å². The van der Waals surface area contributed by atoms with E-state index in [4.69, 9.17) is 4.74 Å². The molecule has 0 saturated heterocycles. The highest BCUT2D eigenvalue weighted by atomic mass is 16.6. The number of carbonyl (C=O) groups is 2. The lowest BCUT2D eigenvalue weighted by atomic mass is 10.1. The molecule has 0 aliphatic rings. The maximum atomic E-state index is 12.3. The van der Waals surface area contributed by atoms with E-state index >= 15 is 0 Å². The molecule has 0 atom stereocenters. The van der Waals surface area contributed by atoms with Gasteiger partial charge in [0.15, 0.2) is 0 Å². The van der Waals surface area contributed by atoms with Crippen LogP contribution in [0.4, 0.5) is 5.69 Å². The molecule has 0 saturated carbocycles. The zero-order valence-electron chi connectivity index (χ0n) is 16.9. The molecule has 1 N–H and O–H groups in total. The lowest BCUT2D eigenvalue weighted by Crippen LogP contribution is -2.17. The van der Waals surface area contributed by atoms with Crippen LogP contribution < -0.4 is 10.2 Å². The van der Waals surface area contributed by atoms with Crippen LogP contribution in [0.15, 0.2) is 71.8 Å². The first-order chi connectivity index (χ1) is 14.8. The fourth-order valence-electron chi connectivity index (χ4n) is 2.71. The van der Waals surface area contributed by atoms with Gasteiger partial charge in [-0.3, -0.25) is 14.9 Å². The maximum Gasteiger partial charge on any atom is 0.343 e. The van der Waals surface area contributed by atoms with E-state index in [9.17, 15) is 19.7 Å². The highest BCUT2D eigenvalue weighted by Gasteiger charge is 2.19. The molecule has 0 aliphatic carbocycles. The average molecular weight is 417 g/mol.